The van der Waals surface area contributed by atoms with Gasteiger partial charge < -0.3 is 0 Å². The molecule has 0 atom stereocenters. The maximum Gasteiger partial charge on any atom is 0.337 e. The molecule has 148 valence electrons. The van der Waals surface area contributed by atoms with Gasteiger partial charge in [0.05, 0.1) is 0 Å². The van der Waals surface area contributed by atoms with Crippen molar-refractivity contribution in [3.63, 3.8) is 0 Å². The number of hydrogen-bond acceptors (Lipinski definition) is 6. The molecule has 12 nitrogen and oxygen atoms in total. The topological polar surface area (TPSA) is 132 Å². The van der Waals surface area contributed by atoms with Crippen LogP contribution in [0.4, 0.5) is 0 Å². The molecule has 2 aromatic rings. The predicted octanol–water partition coefficient (Wildman–Crippen LogP) is -2.76. The van der Waals surface area contributed by atoms with Crippen molar-refractivity contribution in [2.75, 3.05) is 0 Å². The molecule has 0 aromatic carbocycles. The second-order valence-corrected chi connectivity index (χ2v) is 5.67. The molecular formula is C15H22N6O6. The molecule has 0 saturated carbocycles. The van der Waals surface area contributed by atoms with E-state index in [1.54, 1.807) is 27.7 Å². The third-order valence-electron chi connectivity index (χ3n) is 4.32. The largest absolute Gasteiger partial charge is 0.337 e. The van der Waals surface area contributed by atoms with Gasteiger partial charge in [-0.2, -0.15) is 0 Å². The van der Waals surface area contributed by atoms with Crippen molar-refractivity contribution >= 4 is 0 Å². The van der Waals surface area contributed by atoms with Crippen molar-refractivity contribution in [3.05, 3.63) is 62.9 Å². The van der Waals surface area contributed by atoms with Crippen molar-refractivity contribution < 1.29 is 0 Å². The van der Waals surface area contributed by atoms with E-state index in [2.05, 4.69) is 0 Å². The van der Waals surface area contributed by atoms with E-state index in [0.717, 1.165) is 18.3 Å². The molecule has 2 rings (SSSR count). The van der Waals surface area contributed by atoms with Crippen molar-refractivity contribution in [2.24, 2.45) is 0 Å². The lowest BCUT2D eigenvalue weighted by atomic mass is 10.6. The van der Waals surface area contributed by atoms with Crippen LogP contribution in [-0.2, 0) is 32.8 Å². The van der Waals surface area contributed by atoms with E-state index in [-0.39, 0.29) is 26.2 Å². The highest BCUT2D eigenvalue weighted by Gasteiger charge is 2.18. The molecule has 27 heavy (non-hydrogen) atoms. The molecule has 0 unspecified atom stereocenters. The molecule has 12 heteroatoms. The monoisotopic (exact) mass is 382 g/mol. The van der Waals surface area contributed by atoms with E-state index in [0.29, 0.717) is 9.13 Å². The van der Waals surface area contributed by atoms with E-state index in [4.69, 9.17) is 0 Å². The Hall–Kier alpha value is -3.18. The number of rotatable bonds is 6. The first-order chi connectivity index (χ1) is 12.7. The molecule has 0 spiro atoms. The first-order valence-corrected chi connectivity index (χ1v) is 8.63. The second-order valence-electron chi connectivity index (χ2n) is 5.67. The Morgan fingerprint density at radius 3 is 0.778 bits per heavy atom. The fraction of sp³-hybridized carbons (Fsp3) is 0.600. The second kappa shape index (κ2) is 7.60. The summed E-state index contributed by atoms with van der Waals surface area (Å²) < 4.78 is 4.63. The molecular weight excluding hydrogens is 360 g/mol. The van der Waals surface area contributed by atoms with Crippen LogP contribution in [-0.4, -0.2) is 27.4 Å². The fourth-order valence-corrected chi connectivity index (χ4v) is 2.83. The molecule has 2 heterocycles. The van der Waals surface area contributed by atoms with Crippen LogP contribution in [0, 0.1) is 0 Å². The van der Waals surface area contributed by atoms with Crippen LogP contribution in [0.3, 0.4) is 0 Å². The molecule has 0 aliphatic rings. The maximum absolute atomic E-state index is 12.5. The summed E-state index contributed by atoms with van der Waals surface area (Å²) in [5.41, 5.74) is -5.24. The number of aromatic nitrogens is 6. The van der Waals surface area contributed by atoms with Gasteiger partial charge in [0.15, 0.2) is 0 Å². The fourth-order valence-electron chi connectivity index (χ4n) is 2.83. The molecule has 0 aliphatic carbocycles. The van der Waals surface area contributed by atoms with E-state index >= 15 is 0 Å². The quantitative estimate of drug-likeness (QED) is 0.532. The van der Waals surface area contributed by atoms with Gasteiger partial charge in [-0.05, 0) is 27.7 Å². The Labute approximate surface area is 151 Å². The maximum atomic E-state index is 12.5. The first kappa shape index (κ1) is 20.1. The smallest absolute Gasteiger partial charge is 0.247 e. The summed E-state index contributed by atoms with van der Waals surface area (Å²) in [7, 11) is 0. The van der Waals surface area contributed by atoms with Crippen LogP contribution in [0.25, 0.3) is 0 Å². The zero-order chi connectivity index (χ0) is 20.5. The molecule has 0 N–H and O–H groups in total. The Kier molecular flexibility index (Phi) is 5.66. The Morgan fingerprint density at radius 2 is 0.593 bits per heavy atom. The van der Waals surface area contributed by atoms with Crippen LogP contribution in [0.15, 0.2) is 28.8 Å². The van der Waals surface area contributed by atoms with Gasteiger partial charge in [0.2, 0.25) is 0 Å². The third kappa shape index (κ3) is 3.06. The third-order valence-corrected chi connectivity index (χ3v) is 4.32. The van der Waals surface area contributed by atoms with E-state index in [1.165, 1.54) is 0 Å². The summed E-state index contributed by atoms with van der Waals surface area (Å²) in [5, 5.41) is 0. The van der Waals surface area contributed by atoms with Crippen molar-refractivity contribution in [1.29, 1.82) is 0 Å². The van der Waals surface area contributed by atoms with Gasteiger partial charge in [0.25, 0.3) is 0 Å². The van der Waals surface area contributed by atoms with Gasteiger partial charge in [-0.25, -0.2) is 56.2 Å². The van der Waals surface area contributed by atoms with Gasteiger partial charge in [-0.1, -0.05) is 0 Å². The van der Waals surface area contributed by atoms with Crippen molar-refractivity contribution in [1.82, 2.24) is 27.4 Å². The van der Waals surface area contributed by atoms with Crippen LogP contribution in [0.1, 0.15) is 27.7 Å². The van der Waals surface area contributed by atoms with Gasteiger partial charge >= 0.3 is 34.1 Å². The summed E-state index contributed by atoms with van der Waals surface area (Å²) in [6.07, 6.45) is 0. The normalized spacial score (nSPS) is 11.1. The lowest BCUT2D eigenvalue weighted by Crippen LogP contribution is -2.59. The summed E-state index contributed by atoms with van der Waals surface area (Å²) in [6.45, 7) is 5.60. The van der Waals surface area contributed by atoms with Crippen molar-refractivity contribution in [2.45, 2.75) is 60.5 Å². The highest BCUT2D eigenvalue weighted by atomic mass is 16.2. The summed E-state index contributed by atoms with van der Waals surface area (Å²) >= 11 is 0. The standard InChI is InChI=1S/C15H22N6O6/c1-5-16-10(22)17(6-2)13(25)20(12(16)24)9-21-14(26)18(7-3)11(23)19(8-4)15(21)27/h5-9H2,1-4H3. The van der Waals surface area contributed by atoms with Gasteiger partial charge in [-0.15, -0.1) is 0 Å². The SMILES string of the molecule is CCn1c(=O)n(CC)c(=O)n(Cn2c(=O)n(CC)c(=O)n(CC)c2=O)c1=O. The van der Waals surface area contributed by atoms with Crippen LogP contribution in [0.5, 0.6) is 0 Å². The minimum absolute atomic E-state index is 0.0144. The summed E-state index contributed by atoms with van der Waals surface area (Å²) in [4.78, 5) is 74.5. The molecule has 0 saturated heterocycles. The highest BCUT2D eigenvalue weighted by molar-refractivity contribution is 4.82. The lowest BCUT2D eigenvalue weighted by molar-refractivity contribution is 0.395. The average molecular weight is 382 g/mol. The minimum atomic E-state index is -0.930. The zero-order valence-electron chi connectivity index (χ0n) is 15.7. The van der Waals surface area contributed by atoms with Gasteiger partial charge in [0.1, 0.15) is 6.67 Å². The predicted molar refractivity (Wildman–Crippen MR) is 96.5 cm³/mol. The lowest BCUT2D eigenvalue weighted by Gasteiger charge is -2.15. The molecule has 0 amide bonds. The van der Waals surface area contributed by atoms with Gasteiger partial charge in [0, 0.05) is 26.2 Å². The molecule has 2 aromatic heterocycles. The molecule has 0 bridgehead atoms. The molecule has 0 radical (unpaired) electrons. The molecule has 0 aliphatic heterocycles. The van der Waals surface area contributed by atoms with Crippen LogP contribution < -0.4 is 34.1 Å². The van der Waals surface area contributed by atoms with E-state index in [1.807, 2.05) is 0 Å². The van der Waals surface area contributed by atoms with Crippen LogP contribution in [0.2, 0.25) is 0 Å². The summed E-state index contributed by atoms with van der Waals surface area (Å²) in [6, 6.07) is 0. The van der Waals surface area contributed by atoms with Gasteiger partial charge in [-0.3, -0.25) is 0 Å². The molecule has 0 fully saturated rings. The summed E-state index contributed by atoms with van der Waals surface area (Å²) in [5.74, 6) is 0. The number of hydrogen-bond donors (Lipinski definition) is 0. The van der Waals surface area contributed by atoms with Crippen LogP contribution >= 0.6 is 0 Å². The van der Waals surface area contributed by atoms with E-state index in [9.17, 15) is 28.8 Å². The zero-order valence-corrected chi connectivity index (χ0v) is 15.7. The van der Waals surface area contributed by atoms with E-state index < -0.39 is 40.8 Å². The Morgan fingerprint density at radius 1 is 0.407 bits per heavy atom. The first-order valence-electron chi connectivity index (χ1n) is 8.63. The Balaban J connectivity index is 2.91. The minimum Gasteiger partial charge on any atom is -0.247 e. The number of nitrogens with zero attached hydrogens (tertiary/aromatic N) is 6. The van der Waals surface area contributed by atoms with Crippen molar-refractivity contribution in [3.8, 4) is 0 Å². The Bertz CT molecular complexity index is 1040. The highest BCUT2D eigenvalue weighted by Crippen LogP contribution is 1.80. The average Bonchev–Trinajstić information content (AvgIpc) is 2.62.